The second-order valence-electron chi connectivity index (χ2n) is 4.85. The summed E-state index contributed by atoms with van der Waals surface area (Å²) in [5.74, 6) is 0.557. The summed E-state index contributed by atoms with van der Waals surface area (Å²) < 4.78 is 43.1. The van der Waals surface area contributed by atoms with Gasteiger partial charge < -0.3 is 4.74 Å². The van der Waals surface area contributed by atoms with Crippen LogP contribution < -0.4 is 4.74 Å². The molecule has 0 N–H and O–H groups in total. The Morgan fingerprint density at radius 1 is 1.30 bits per heavy atom. The first kappa shape index (κ1) is 15.1. The van der Waals surface area contributed by atoms with Crippen LogP contribution in [0, 0.1) is 11.8 Å². The van der Waals surface area contributed by atoms with Crippen LogP contribution in [0.4, 0.5) is 13.2 Å². The van der Waals surface area contributed by atoms with Gasteiger partial charge in [0.2, 0.25) is 11.2 Å². The van der Waals surface area contributed by atoms with Gasteiger partial charge in [0.1, 0.15) is 0 Å². The van der Waals surface area contributed by atoms with Crippen LogP contribution in [0.2, 0.25) is 5.28 Å². The van der Waals surface area contributed by atoms with Crippen molar-refractivity contribution in [3.63, 3.8) is 0 Å². The van der Waals surface area contributed by atoms with Crippen LogP contribution in [0.15, 0.2) is 18.2 Å². The Kier molecular flexibility index (Phi) is 4.52. The predicted octanol–water partition coefficient (Wildman–Crippen LogP) is 4.13. The number of aromatic nitrogens is 2. The predicted molar refractivity (Wildman–Crippen MR) is 68.6 cm³/mol. The average molecular weight is 307 g/mol. The van der Waals surface area contributed by atoms with Crippen molar-refractivity contribution in [3.8, 4) is 5.88 Å². The Labute approximate surface area is 119 Å². The molecule has 2 rings (SSSR count). The largest absolute Gasteiger partial charge is 0.477 e. The molecule has 7 heteroatoms. The topological polar surface area (TPSA) is 35.0 Å². The fourth-order valence-electron chi connectivity index (χ4n) is 2.05. The van der Waals surface area contributed by atoms with Crippen molar-refractivity contribution in [2.75, 3.05) is 6.61 Å². The first-order valence-corrected chi connectivity index (χ1v) is 6.63. The van der Waals surface area contributed by atoms with Crippen molar-refractivity contribution in [2.24, 2.45) is 11.8 Å². The van der Waals surface area contributed by atoms with Crippen molar-refractivity contribution >= 4 is 11.6 Å². The Bertz CT molecular complexity index is 505. The van der Waals surface area contributed by atoms with E-state index in [0.29, 0.717) is 12.5 Å². The van der Waals surface area contributed by atoms with E-state index in [0.717, 1.165) is 18.9 Å². The van der Waals surface area contributed by atoms with Crippen molar-refractivity contribution in [3.05, 3.63) is 29.2 Å². The van der Waals surface area contributed by atoms with Gasteiger partial charge in [-0.25, -0.2) is 4.98 Å². The van der Waals surface area contributed by atoms with E-state index in [9.17, 15) is 13.2 Å². The molecule has 0 bridgehead atoms. The molecule has 1 aromatic rings. The lowest BCUT2D eigenvalue weighted by Gasteiger charge is -2.24. The van der Waals surface area contributed by atoms with E-state index in [1.54, 1.807) is 0 Å². The van der Waals surface area contributed by atoms with Crippen molar-refractivity contribution in [1.29, 1.82) is 0 Å². The third-order valence-electron chi connectivity index (χ3n) is 3.33. The first-order chi connectivity index (χ1) is 9.36. The molecule has 0 spiro atoms. The molecule has 0 aromatic carbocycles. The summed E-state index contributed by atoms with van der Waals surface area (Å²) >= 11 is 5.49. The zero-order valence-corrected chi connectivity index (χ0v) is 11.6. The van der Waals surface area contributed by atoms with Crippen molar-refractivity contribution < 1.29 is 17.9 Å². The molecule has 0 aliphatic heterocycles. The molecule has 0 saturated heterocycles. The summed E-state index contributed by atoms with van der Waals surface area (Å²) in [6.07, 6.45) is 1.40. The lowest BCUT2D eigenvalue weighted by molar-refractivity contribution is -0.141. The Balaban J connectivity index is 2.06. The molecule has 2 unspecified atom stereocenters. The number of hydrogen-bond donors (Lipinski definition) is 0. The Morgan fingerprint density at radius 2 is 2.00 bits per heavy atom. The molecular formula is C13H14ClF3N2O. The Morgan fingerprint density at radius 3 is 2.65 bits per heavy atom. The number of halogens is 4. The molecule has 1 aliphatic rings. The molecule has 1 aromatic heterocycles. The van der Waals surface area contributed by atoms with E-state index in [1.807, 2.05) is 0 Å². The maximum absolute atomic E-state index is 12.6. The van der Waals surface area contributed by atoms with Crippen LogP contribution in [0.3, 0.4) is 0 Å². The third kappa shape index (κ3) is 3.85. The highest BCUT2D eigenvalue weighted by atomic mass is 35.5. The van der Waals surface area contributed by atoms with Gasteiger partial charge in [0.25, 0.3) is 0 Å². The van der Waals surface area contributed by atoms with Gasteiger partial charge in [-0.3, -0.25) is 0 Å². The van der Waals surface area contributed by atoms with Gasteiger partial charge in [0, 0.05) is 6.07 Å². The number of allylic oxidation sites excluding steroid dienone is 2. The highest BCUT2D eigenvalue weighted by Gasteiger charge is 2.34. The van der Waals surface area contributed by atoms with Gasteiger partial charge in [-0.15, -0.1) is 0 Å². The molecular weight excluding hydrogens is 293 g/mol. The minimum absolute atomic E-state index is 0.140. The molecule has 0 saturated carbocycles. The highest BCUT2D eigenvalue weighted by molar-refractivity contribution is 6.28. The maximum atomic E-state index is 12.6. The van der Waals surface area contributed by atoms with E-state index in [2.05, 4.69) is 29.0 Å². The average Bonchev–Trinajstić information content (AvgIpc) is 2.36. The molecule has 3 nitrogen and oxygen atoms in total. The minimum atomic E-state index is -4.56. The molecule has 2 atom stereocenters. The summed E-state index contributed by atoms with van der Waals surface area (Å²) in [4.78, 5) is 6.82. The summed E-state index contributed by atoms with van der Waals surface area (Å²) in [6.45, 7) is 2.40. The smallest absolute Gasteiger partial charge is 0.433 e. The van der Waals surface area contributed by atoms with Crippen LogP contribution in [0.25, 0.3) is 0 Å². The maximum Gasteiger partial charge on any atom is 0.433 e. The van der Waals surface area contributed by atoms with Gasteiger partial charge in [-0.05, 0) is 36.3 Å². The number of rotatable bonds is 3. The lowest BCUT2D eigenvalue weighted by Crippen LogP contribution is -2.21. The second kappa shape index (κ2) is 5.99. The standard InChI is InChI=1S/C13H14ClF3N2O/c1-8-4-2-3-5-9(8)7-20-11-6-10(13(15,16)17)18-12(14)19-11/h2-3,6,8-9H,4-5,7H2,1H3. The highest BCUT2D eigenvalue weighted by Crippen LogP contribution is 2.31. The normalized spacial score (nSPS) is 22.9. The molecule has 0 amide bonds. The second-order valence-corrected chi connectivity index (χ2v) is 5.19. The monoisotopic (exact) mass is 306 g/mol. The van der Waals surface area contributed by atoms with E-state index in [4.69, 9.17) is 16.3 Å². The number of alkyl halides is 3. The summed E-state index contributed by atoms with van der Waals surface area (Å²) in [5.41, 5.74) is -1.09. The SMILES string of the molecule is CC1CC=CCC1COc1cc(C(F)(F)F)nc(Cl)n1. The van der Waals surface area contributed by atoms with Gasteiger partial charge in [-0.1, -0.05) is 19.1 Å². The minimum Gasteiger partial charge on any atom is -0.477 e. The number of nitrogens with zero attached hydrogens (tertiary/aromatic N) is 2. The van der Waals surface area contributed by atoms with Gasteiger partial charge >= 0.3 is 6.18 Å². The zero-order chi connectivity index (χ0) is 14.8. The van der Waals surface area contributed by atoms with Crippen LogP contribution in [-0.2, 0) is 6.18 Å². The fourth-order valence-corrected chi connectivity index (χ4v) is 2.22. The van der Waals surface area contributed by atoms with Gasteiger partial charge in [0.15, 0.2) is 5.69 Å². The van der Waals surface area contributed by atoms with Gasteiger partial charge in [-0.2, -0.15) is 18.2 Å². The fraction of sp³-hybridized carbons (Fsp3) is 0.538. The van der Waals surface area contributed by atoms with E-state index < -0.39 is 17.2 Å². The van der Waals surface area contributed by atoms with Crippen LogP contribution in [0.5, 0.6) is 5.88 Å². The van der Waals surface area contributed by atoms with Crippen LogP contribution in [-0.4, -0.2) is 16.6 Å². The molecule has 20 heavy (non-hydrogen) atoms. The summed E-state index contributed by atoms with van der Waals surface area (Å²) in [7, 11) is 0. The lowest BCUT2D eigenvalue weighted by atomic mass is 9.85. The van der Waals surface area contributed by atoms with Crippen LogP contribution >= 0.6 is 11.6 Å². The molecule has 0 radical (unpaired) electrons. The molecule has 110 valence electrons. The molecule has 1 aliphatic carbocycles. The van der Waals surface area contributed by atoms with Crippen molar-refractivity contribution in [2.45, 2.75) is 25.9 Å². The van der Waals surface area contributed by atoms with E-state index in [1.165, 1.54) is 0 Å². The number of ether oxygens (including phenoxy) is 1. The zero-order valence-electron chi connectivity index (χ0n) is 10.8. The van der Waals surface area contributed by atoms with E-state index in [-0.39, 0.29) is 11.8 Å². The van der Waals surface area contributed by atoms with Crippen LogP contribution in [0.1, 0.15) is 25.5 Å². The molecule has 0 fully saturated rings. The first-order valence-electron chi connectivity index (χ1n) is 6.26. The van der Waals surface area contributed by atoms with Gasteiger partial charge in [0.05, 0.1) is 6.61 Å². The quantitative estimate of drug-likeness (QED) is 0.622. The van der Waals surface area contributed by atoms with E-state index >= 15 is 0 Å². The van der Waals surface area contributed by atoms with Crippen molar-refractivity contribution in [1.82, 2.24) is 9.97 Å². The number of hydrogen-bond acceptors (Lipinski definition) is 3. The molecule has 1 heterocycles. The Hall–Kier alpha value is -1.30. The third-order valence-corrected chi connectivity index (χ3v) is 3.50. The summed E-state index contributed by atoms with van der Waals surface area (Å²) in [5, 5.41) is -0.466. The summed E-state index contributed by atoms with van der Waals surface area (Å²) in [6, 6.07) is 0.773.